The van der Waals surface area contributed by atoms with E-state index in [2.05, 4.69) is 34.9 Å². The lowest BCUT2D eigenvalue weighted by Gasteiger charge is -2.41. The summed E-state index contributed by atoms with van der Waals surface area (Å²) in [6.07, 6.45) is 3.63. The molecule has 1 aliphatic heterocycles. The van der Waals surface area contributed by atoms with Gasteiger partial charge < -0.3 is 15.6 Å². The van der Waals surface area contributed by atoms with Gasteiger partial charge in [-0.05, 0) is 43.9 Å². The SMILES string of the molecule is O=C(NCC(F)(F)F)C1(Nc2ccnc(-c3c[nH]c4ncccc34)n2)CCN(SC2CC2)CC1. The Morgan fingerprint density at radius 2 is 2.00 bits per heavy atom. The van der Waals surface area contributed by atoms with Gasteiger partial charge >= 0.3 is 6.18 Å². The second-order valence-electron chi connectivity index (χ2n) is 8.61. The lowest BCUT2D eigenvalue weighted by atomic mass is 9.87. The third-order valence-electron chi connectivity index (χ3n) is 6.00. The highest BCUT2D eigenvalue weighted by Crippen LogP contribution is 2.39. The molecule has 0 bridgehead atoms. The molecule has 8 nitrogen and oxygen atoms in total. The molecule has 1 amide bonds. The standard InChI is InChI=1S/C22H24F3N7OS/c23-22(24,25)13-29-20(33)21(6-10-32(11-7-21)34-14-3-4-14)31-17-5-9-27-19(30-17)16-12-28-18-15(16)2-1-8-26-18/h1-2,5,8-9,12,14H,3-4,6-7,10-11,13H2,(H,26,28)(H,29,33)(H,27,30,31). The third-order valence-corrected chi connectivity index (χ3v) is 7.43. The quantitative estimate of drug-likeness (QED) is 0.433. The van der Waals surface area contributed by atoms with Crippen LogP contribution in [0.5, 0.6) is 0 Å². The molecule has 12 heteroatoms. The van der Waals surface area contributed by atoms with Crippen molar-refractivity contribution in [2.24, 2.45) is 0 Å². The largest absolute Gasteiger partial charge is 0.405 e. The average Bonchev–Trinajstić information content (AvgIpc) is 3.53. The molecule has 0 unspecified atom stereocenters. The first-order valence-electron chi connectivity index (χ1n) is 11.1. The number of amides is 1. The van der Waals surface area contributed by atoms with E-state index in [0.717, 1.165) is 10.9 Å². The van der Waals surface area contributed by atoms with Gasteiger partial charge in [0.05, 0.1) is 0 Å². The molecule has 1 aliphatic carbocycles. The summed E-state index contributed by atoms with van der Waals surface area (Å²) in [6.45, 7) is -0.174. The average molecular weight is 492 g/mol. The van der Waals surface area contributed by atoms with Crippen LogP contribution in [0.3, 0.4) is 0 Å². The van der Waals surface area contributed by atoms with E-state index in [1.165, 1.54) is 12.8 Å². The number of hydrogen-bond acceptors (Lipinski definition) is 7. The second kappa shape index (κ2) is 9.06. The summed E-state index contributed by atoms with van der Waals surface area (Å²) in [5.74, 6) is 0.142. The van der Waals surface area contributed by atoms with Crippen molar-refractivity contribution in [3.05, 3.63) is 36.8 Å². The van der Waals surface area contributed by atoms with Gasteiger partial charge in [0.2, 0.25) is 5.91 Å². The number of fused-ring (bicyclic) bond motifs is 1. The summed E-state index contributed by atoms with van der Waals surface area (Å²) in [5.41, 5.74) is 0.250. The summed E-state index contributed by atoms with van der Waals surface area (Å²) in [7, 11) is 0. The Labute approximate surface area is 198 Å². The molecule has 180 valence electrons. The fraction of sp³-hybridized carbons (Fsp3) is 0.455. The van der Waals surface area contributed by atoms with Crippen molar-refractivity contribution in [2.45, 2.75) is 42.6 Å². The molecule has 2 aliphatic rings. The van der Waals surface area contributed by atoms with Gasteiger partial charge in [0, 0.05) is 47.9 Å². The molecule has 4 heterocycles. The number of carbonyl (C=O) groups excluding carboxylic acids is 1. The third kappa shape index (κ3) is 5.12. The normalized spacial score (nSPS) is 18.7. The second-order valence-corrected chi connectivity index (χ2v) is 10.0. The molecule has 0 radical (unpaired) electrons. The summed E-state index contributed by atoms with van der Waals surface area (Å²) < 4.78 is 40.6. The minimum absolute atomic E-state index is 0.368. The number of halogens is 3. The molecule has 34 heavy (non-hydrogen) atoms. The molecule has 3 aromatic heterocycles. The fourth-order valence-corrected chi connectivity index (χ4v) is 5.22. The van der Waals surface area contributed by atoms with Gasteiger partial charge in [-0.3, -0.25) is 9.10 Å². The smallest absolute Gasteiger partial charge is 0.356 e. The molecule has 0 aromatic carbocycles. The van der Waals surface area contributed by atoms with Gasteiger partial charge in [0.1, 0.15) is 23.5 Å². The summed E-state index contributed by atoms with van der Waals surface area (Å²) in [4.78, 5) is 29.3. The maximum absolute atomic E-state index is 13.0. The Hall–Kier alpha value is -2.86. The van der Waals surface area contributed by atoms with Crippen LogP contribution >= 0.6 is 11.9 Å². The topological polar surface area (TPSA) is 98.8 Å². The van der Waals surface area contributed by atoms with Gasteiger partial charge in [-0.25, -0.2) is 15.0 Å². The molecular formula is C22H24F3N7OS. The van der Waals surface area contributed by atoms with Crippen LogP contribution in [0.1, 0.15) is 25.7 Å². The summed E-state index contributed by atoms with van der Waals surface area (Å²) in [5, 5.41) is 6.73. The Morgan fingerprint density at radius 3 is 2.74 bits per heavy atom. The maximum atomic E-state index is 13.0. The first-order chi connectivity index (χ1) is 16.3. The zero-order valence-electron chi connectivity index (χ0n) is 18.2. The van der Waals surface area contributed by atoms with Gasteiger partial charge in [0.25, 0.3) is 0 Å². The van der Waals surface area contributed by atoms with Crippen molar-refractivity contribution in [2.75, 3.05) is 25.0 Å². The number of nitrogens with zero attached hydrogens (tertiary/aromatic N) is 4. The number of aromatic nitrogens is 4. The molecular weight excluding hydrogens is 467 g/mol. The lowest BCUT2D eigenvalue weighted by Crippen LogP contribution is -2.58. The van der Waals surface area contributed by atoms with Gasteiger partial charge in [-0.1, -0.05) is 11.9 Å². The van der Waals surface area contributed by atoms with E-state index in [9.17, 15) is 18.0 Å². The fourth-order valence-electron chi connectivity index (χ4n) is 4.06. The Bertz CT molecular complexity index is 1170. The predicted octanol–water partition coefficient (Wildman–Crippen LogP) is 3.76. The maximum Gasteiger partial charge on any atom is 0.405 e. The number of aromatic amines is 1. The first-order valence-corrected chi connectivity index (χ1v) is 12.0. The van der Waals surface area contributed by atoms with Crippen LogP contribution in [0.15, 0.2) is 36.8 Å². The Morgan fingerprint density at radius 1 is 1.21 bits per heavy atom. The molecule has 3 N–H and O–H groups in total. The van der Waals surface area contributed by atoms with Crippen molar-refractivity contribution >= 4 is 34.7 Å². The monoisotopic (exact) mass is 491 g/mol. The van der Waals surface area contributed by atoms with E-state index >= 15 is 0 Å². The minimum atomic E-state index is -4.48. The van der Waals surface area contributed by atoms with E-state index in [0.29, 0.717) is 48.5 Å². The van der Waals surface area contributed by atoms with Crippen molar-refractivity contribution in [1.82, 2.24) is 29.6 Å². The zero-order chi connectivity index (χ0) is 23.8. The molecule has 0 spiro atoms. The summed E-state index contributed by atoms with van der Waals surface area (Å²) in [6, 6.07) is 5.34. The van der Waals surface area contributed by atoms with Crippen molar-refractivity contribution < 1.29 is 18.0 Å². The van der Waals surface area contributed by atoms with Crippen molar-refractivity contribution in [1.29, 1.82) is 0 Å². The molecule has 0 atom stereocenters. The van der Waals surface area contributed by atoms with Crippen molar-refractivity contribution in [3.8, 4) is 11.4 Å². The van der Waals surface area contributed by atoms with Crippen LogP contribution in [0.4, 0.5) is 19.0 Å². The Kier molecular flexibility index (Phi) is 6.11. The van der Waals surface area contributed by atoms with Gasteiger partial charge in [0.15, 0.2) is 5.82 Å². The van der Waals surface area contributed by atoms with E-state index in [1.807, 2.05) is 12.1 Å². The number of hydrogen-bond donors (Lipinski definition) is 3. The van der Waals surface area contributed by atoms with Crippen molar-refractivity contribution in [3.63, 3.8) is 0 Å². The van der Waals surface area contributed by atoms with Crippen LogP contribution in [-0.2, 0) is 4.79 Å². The highest BCUT2D eigenvalue weighted by molar-refractivity contribution is 7.97. The number of H-pyrrole nitrogens is 1. The van der Waals surface area contributed by atoms with E-state index in [1.54, 1.807) is 36.6 Å². The van der Waals surface area contributed by atoms with Crippen LogP contribution in [0.2, 0.25) is 0 Å². The summed E-state index contributed by atoms with van der Waals surface area (Å²) >= 11 is 1.78. The first kappa shape index (κ1) is 22.9. The molecule has 3 aromatic rings. The van der Waals surface area contributed by atoms with Crippen LogP contribution < -0.4 is 10.6 Å². The number of carbonyl (C=O) groups is 1. The van der Waals surface area contributed by atoms with E-state index in [4.69, 9.17) is 0 Å². The number of piperidine rings is 1. The highest BCUT2D eigenvalue weighted by Gasteiger charge is 2.44. The molecule has 1 saturated carbocycles. The van der Waals surface area contributed by atoms with Crippen LogP contribution in [0, 0.1) is 0 Å². The Balaban J connectivity index is 1.38. The van der Waals surface area contributed by atoms with E-state index < -0.39 is 24.2 Å². The lowest BCUT2D eigenvalue weighted by molar-refractivity contribution is -0.141. The molecule has 5 rings (SSSR count). The molecule has 1 saturated heterocycles. The predicted molar refractivity (Wildman–Crippen MR) is 124 cm³/mol. The van der Waals surface area contributed by atoms with Crippen LogP contribution in [-0.4, -0.2) is 66.7 Å². The van der Waals surface area contributed by atoms with E-state index in [-0.39, 0.29) is 0 Å². The molecule has 2 fully saturated rings. The zero-order valence-corrected chi connectivity index (χ0v) is 19.0. The highest BCUT2D eigenvalue weighted by atomic mass is 32.2. The van der Waals surface area contributed by atoms with Gasteiger partial charge in [-0.2, -0.15) is 13.2 Å². The number of pyridine rings is 1. The number of rotatable bonds is 7. The number of alkyl halides is 3. The van der Waals surface area contributed by atoms with Gasteiger partial charge in [-0.15, -0.1) is 0 Å². The number of nitrogens with one attached hydrogen (secondary N) is 3. The minimum Gasteiger partial charge on any atom is -0.356 e. The van der Waals surface area contributed by atoms with Crippen LogP contribution in [0.25, 0.3) is 22.4 Å². The number of anilines is 1.